The van der Waals surface area contributed by atoms with Crippen molar-refractivity contribution in [3.05, 3.63) is 96.6 Å². The lowest BCUT2D eigenvalue weighted by molar-refractivity contribution is -0.140. The number of nitrogens with one attached hydrogen (secondary N) is 1. The molecule has 0 unspecified atom stereocenters. The van der Waals surface area contributed by atoms with Crippen LogP contribution in [0.1, 0.15) is 31.2 Å². The van der Waals surface area contributed by atoms with E-state index < -0.39 is 21.8 Å². The quantitative estimate of drug-likeness (QED) is 0.102. The van der Waals surface area contributed by atoms with Crippen LogP contribution in [0.2, 0.25) is 0 Å². The molecule has 0 aliphatic rings. The normalized spacial score (nSPS) is 11.8. The number of imidazole rings is 1. The molecule has 13 heteroatoms. The number of benzene rings is 4. The number of ether oxygens (including phenoxy) is 3. The number of aromatic nitrogens is 2. The molecule has 5 aromatic rings. The summed E-state index contributed by atoms with van der Waals surface area (Å²) in [5.41, 5.74) is 1.72. The summed E-state index contributed by atoms with van der Waals surface area (Å²) in [5, 5.41) is 0. The van der Waals surface area contributed by atoms with Gasteiger partial charge in [0.25, 0.3) is 10.0 Å². The monoisotopic (exact) mass is 667 g/mol. The Morgan fingerprint density at radius 3 is 2.23 bits per heavy atom. The summed E-state index contributed by atoms with van der Waals surface area (Å²) in [6.07, 6.45) is -2.53. The van der Waals surface area contributed by atoms with Gasteiger partial charge in [-0.3, -0.25) is 14.1 Å². The van der Waals surface area contributed by atoms with Crippen molar-refractivity contribution in [2.45, 2.75) is 36.8 Å². The first-order chi connectivity index (χ1) is 22.5. The number of rotatable bonds is 13. The Bertz CT molecular complexity index is 1940. The summed E-state index contributed by atoms with van der Waals surface area (Å²) >= 11 is 0. The molecule has 0 amide bonds. The van der Waals surface area contributed by atoms with Gasteiger partial charge in [-0.1, -0.05) is 30.3 Å². The lowest BCUT2D eigenvalue weighted by Crippen LogP contribution is -2.15. The fraction of sp³-hybridized carbons (Fsp3) is 0.235. The third-order valence-corrected chi connectivity index (χ3v) is 8.75. The third-order valence-electron chi connectivity index (χ3n) is 7.37. The van der Waals surface area contributed by atoms with E-state index in [-0.39, 0.29) is 35.3 Å². The Balaban J connectivity index is 1.56. The summed E-state index contributed by atoms with van der Waals surface area (Å²) in [6.45, 7) is 0.198. The van der Waals surface area contributed by atoms with Gasteiger partial charge in [-0.15, -0.1) is 0 Å². The Kier molecular flexibility index (Phi) is 10.0. The summed E-state index contributed by atoms with van der Waals surface area (Å²) in [7, 11) is -1.43. The minimum Gasteiger partial charge on any atom is -0.497 e. The molecule has 0 aliphatic heterocycles. The number of hydrogen-bond donors (Lipinski definition) is 1. The first-order valence-electron chi connectivity index (χ1n) is 14.7. The summed E-state index contributed by atoms with van der Waals surface area (Å²) < 4.78 is 86.7. The topological polar surface area (TPSA) is 109 Å². The molecule has 1 N–H and O–H groups in total. The summed E-state index contributed by atoms with van der Waals surface area (Å²) in [6, 6.07) is 23.3. The van der Waals surface area contributed by atoms with E-state index in [2.05, 4.69) is 9.46 Å². The fourth-order valence-corrected chi connectivity index (χ4v) is 6.00. The van der Waals surface area contributed by atoms with Crippen LogP contribution >= 0.6 is 0 Å². The maximum Gasteiger partial charge on any atom is 0.416 e. The third kappa shape index (κ3) is 7.86. The van der Waals surface area contributed by atoms with Crippen LogP contribution in [0, 0.1) is 0 Å². The van der Waals surface area contributed by atoms with Crippen molar-refractivity contribution in [3.8, 4) is 28.6 Å². The van der Waals surface area contributed by atoms with Gasteiger partial charge in [0.2, 0.25) is 0 Å². The number of carbonyl (C=O) groups is 1. The van der Waals surface area contributed by atoms with Crippen LogP contribution in [0.5, 0.6) is 11.5 Å². The highest BCUT2D eigenvalue weighted by molar-refractivity contribution is 7.92. The molecule has 246 valence electrons. The molecule has 0 spiro atoms. The number of anilines is 1. The predicted octanol–water partition coefficient (Wildman–Crippen LogP) is 7.63. The standard InChI is InChI=1S/C34H32F3N3O6S/c1-44-26-16-14-25(15-17-26)40-30-22-31(46-20-8-4-7-11-32(41)45-2)29(21-28(30)38-33(40)23-9-5-3-6-10-23)39-47(42,43)27-18-12-24(13-19-27)34(35,36)37/h3,5-6,9-10,12-19,21-22,39H,4,7-8,11,20H2,1-2H3. The molecule has 1 heterocycles. The first kappa shape index (κ1) is 33.3. The van der Waals surface area contributed by atoms with Gasteiger partial charge in [0.1, 0.15) is 17.3 Å². The van der Waals surface area contributed by atoms with Crippen LogP contribution in [0.3, 0.4) is 0 Å². The zero-order chi connectivity index (χ0) is 33.6. The number of unbranched alkanes of at least 4 members (excludes halogenated alkanes) is 2. The highest BCUT2D eigenvalue weighted by Gasteiger charge is 2.31. The van der Waals surface area contributed by atoms with Crippen LogP contribution in [0.15, 0.2) is 95.9 Å². The van der Waals surface area contributed by atoms with Crippen molar-refractivity contribution in [1.82, 2.24) is 9.55 Å². The zero-order valence-electron chi connectivity index (χ0n) is 25.6. The predicted molar refractivity (Wildman–Crippen MR) is 171 cm³/mol. The number of nitrogens with zero attached hydrogens (tertiary/aromatic N) is 2. The Morgan fingerprint density at radius 1 is 0.894 bits per heavy atom. The van der Waals surface area contributed by atoms with Crippen molar-refractivity contribution in [2.75, 3.05) is 25.5 Å². The van der Waals surface area contributed by atoms with Gasteiger partial charge < -0.3 is 14.2 Å². The van der Waals surface area contributed by atoms with Crippen molar-refractivity contribution in [3.63, 3.8) is 0 Å². The number of carbonyl (C=O) groups excluding carboxylic acids is 1. The van der Waals surface area contributed by atoms with Crippen molar-refractivity contribution in [1.29, 1.82) is 0 Å². The fourth-order valence-electron chi connectivity index (χ4n) is 4.94. The molecule has 0 bridgehead atoms. The van der Waals surface area contributed by atoms with E-state index in [1.165, 1.54) is 13.2 Å². The zero-order valence-corrected chi connectivity index (χ0v) is 26.4. The highest BCUT2D eigenvalue weighted by Crippen LogP contribution is 2.37. The number of methoxy groups -OCH3 is 2. The van der Waals surface area contributed by atoms with E-state index in [0.29, 0.717) is 54.0 Å². The van der Waals surface area contributed by atoms with Crippen LogP contribution < -0.4 is 14.2 Å². The molecule has 0 fully saturated rings. The van der Waals surface area contributed by atoms with E-state index in [1.807, 2.05) is 59.2 Å². The maximum absolute atomic E-state index is 13.4. The van der Waals surface area contributed by atoms with Gasteiger partial charge in [-0.25, -0.2) is 13.4 Å². The molecular formula is C34H32F3N3O6S. The SMILES string of the molecule is COC(=O)CCCCCOc1cc2c(cc1NS(=O)(=O)c1ccc(C(F)(F)F)cc1)nc(-c1ccccc1)n2-c1ccc(OC)cc1. The summed E-state index contributed by atoms with van der Waals surface area (Å²) in [4.78, 5) is 16.0. The van der Waals surface area contributed by atoms with Gasteiger partial charge in [-0.05, 0) is 73.9 Å². The highest BCUT2D eigenvalue weighted by atomic mass is 32.2. The minimum absolute atomic E-state index is 0.0611. The number of hydrogen-bond acceptors (Lipinski definition) is 7. The number of alkyl halides is 3. The molecule has 47 heavy (non-hydrogen) atoms. The number of esters is 1. The van der Waals surface area contributed by atoms with Crippen LogP contribution in [0.4, 0.5) is 18.9 Å². The second kappa shape index (κ2) is 14.2. The second-order valence-electron chi connectivity index (χ2n) is 10.5. The largest absolute Gasteiger partial charge is 0.497 e. The van der Waals surface area contributed by atoms with Gasteiger partial charge in [0.15, 0.2) is 0 Å². The average Bonchev–Trinajstić information content (AvgIpc) is 3.44. The van der Waals surface area contributed by atoms with Crippen LogP contribution in [0.25, 0.3) is 28.1 Å². The van der Waals surface area contributed by atoms with Crippen molar-refractivity contribution in [2.24, 2.45) is 0 Å². The Morgan fingerprint density at radius 2 is 1.60 bits per heavy atom. The van der Waals surface area contributed by atoms with E-state index in [9.17, 15) is 26.4 Å². The first-order valence-corrected chi connectivity index (χ1v) is 16.1. The van der Waals surface area contributed by atoms with Crippen molar-refractivity contribution >= 4 is 32.7 Å². The number of fused-ring (bicyclic) bond motifs is 1. The average molecular weight is 668 g/mol. The molecule has 4 aromatic carbocycles. The van der Waals surface area contributed by atoms with Gasteiger partial charge in [0.05, 0.1) is 48.0 Å². The Labute approximate surface area is 270 Å². The van der Waals surface area contributed by atoms with E-state index in [1.54, 1.807) is 13.2 Å². The van der Waals surface area contributed by atoms with Gasteiger partial charge in [0, 0.05) is 23.7 Å². The lowest BCUT2D eigenvalue weighted by atomic mass is 10.2. The smallest absolute Gasteiger partial charge is 0.416 e. The second-order valence-corrected chi connectivity index (χ2v) is 12.2. The van der Waals surface area contributed by atoms with Crippen LogP contribution in [-0.4, -0.2) is 44.8 Å². The van der Waals surface area contributed by atoms with Gasteiger partial charge in [-0.2, -0.15) is 13.2 Å². The number of halogens is 3. The molecule has 9 nitrogen and oxygen atoms in total. The van der Waals surface area contributed by atoms with E-state index in [0.717, 1.165) is 23.4 Å². The number of sulfonamides is 1. The minimum atomic E-state index is -4.61. The molecule has 1 aromatic heterocycles. The molecule has 0 saturated heterocycles. The molecule has 0 atom stereocenters. The molecule has 0 saturated carbocycles. The van der Waals surface area contributed by atoms with Gasteiger partial charge >= 0.3 is 12.1 Å². The Hall–Kier alpha value is -5.04. The van der Waals surface area contributed by atoms with E-state index >= 15 is 0 Å². The molecular weight excluding hydrogens is 635 g/mol. The maximum atomic E-state index is 13.4. The van der Waals surface area contributed by atoms with E-state index in [4.69, 9.17) is 14.5 Å². The lowest BCUT2D eigenvalue weighted by Gasteiger charge is -2.16. The molecule has 0 aliphatic carbocycles. The van der Waals surface area contributed by atoms with Crippen molar-refractivity contribution < 1.29 is 40.6 Å². The summed E-state index contributed by atoms with van der Waals surface area (Å²) in [5.74, 6) is 1.13. The molecule has 0 radical (unpaired) electrons. The molecule has 5 rings (SSSR count). The van der Waals surface area contributed by atoms with Crippen LogP contribution in [-0.2, 0) is 25.7 Å².